The van der Waals surface area contributed by atoms with Crippen LogP contribution in [0.25, 0.3) is 0 Å². The summed E-state index contributed by atoms with van der Waals surface area (Å²) in [5.41, 5.74) is 2.60. The van der Waals surface area contributed by atoms with Gasteiger partial charge in [0.05, 0.1) is 19.3 Å². The summed E-state index contributed by atoms with van der Waals surface area (Å²) in [4.78, 5) is 4.71. The highest BCUT2D eigenvalue weighted by Crippen LogP contribution is 2.48. The molecule has 0 atom stereocenters. The summed E-state index contributed by atoms with van der Waals surface area (Å²) in [6.07, 6.45) is 0.365. The summed E-state index contributed by atoms with van der Waals surface area (Å²) in [6.45, 7) is 8.03. The number of hydrogen-bond acceptors (Lipinski definition) is 5. The zero-order valence-electron chi connectivity index (χ0n) is 16.9. The average Bonchev–Trinajstić information content (AvgIpc) is 2.71. The SMILES string of the molecule is CCOP(=O)(CN1CCN(C(c2ccccc2)c2ccccc2)CC1)OCC. The number of nitrogens with zero attached hydrogens (tertiary/aromatic N) is 2. The monoisotopic (exact) mass is 402 g/mol. The van der Waals surface area contributed by atoms with Crippen molar-refractivity contribution >= 4 is 7.60 Å². The maximum absolute atomic E-state index is 12.8. The average molecular weight is 402 g/mol. The highest BCUT2D eigenvalue weighted by atomic mass is 31.2. The van der Waals surface area contributed by atoms with Crippen LogP contribution >= 0.6 is 7.60 Å². The molecule has 0 N–H and O–H groups in total. The molecular weight excluding hydrogens is 371 g/mol. The van der Waals surface area contributed by atoms with E-state index in [1.807, 2.05) is 13.8 Å². The van der Waals surface area contributed by atoms with E-state index in [1.165, 1.54) is 11.1 Å². The zero-order valence-corrected chi connectivity index (χ0v) is 17.8. The van der Waals surface area contributed by atoms with Gasteiger partial charge < -0.3 is 9.05 Å². The summed E-state index contributed by atoms with van der Waals surface area (Å²) < 4.78 is 23.8. The zero-order chi connectivity index (χ0) is 19.8. The molecule has 5 nitrogen and oxygen atoms in total. The molecular formula is C22H31N2O3P. The normalized spacial score (nSPS) is 16.5. The van der Waals surface area contributed by atoms with E-state index < -0.39 is 7.60 Å². The minimum Gasteiger partial charge on any atom is -0.308 e. The molecule has 28 heavy (non-hydrogen) atoms. The lowest BCUT2D eigenvalue weighted by atomic mass is 9.96. The Bertz CT molecular complexity index is 699. The third kappa shape index (κ3) is 5.53. The summed E-state index contributed by atoms with van der Waals surface area (Å²) >= 11 is 0. The first kappa shape index (κ1) is 21.2. The van der Waals surface area contributed by atoms with Crippen LogP contribution in [0, 0.1) is 0 Å². The molecule has 0 spiro atoms. The van der Waals surface area contributed by atoms with Gasteiger partial charge in [-0.05, 0) is 25.0 Å². The fourth-order valence-electron chi connectivity index (χ4n) is 3.80. The van der Waals surface area contributed by atoms with Gasteiger partial charge in [-0.3, -0.25) is 14.4 Å². The fourth-order valence-corrected chi connectivity index (χ4v) is 5.60. The molecule has 2 aromatic rings. The predicted octanol–water partition coefficient (Wildman–Crippen LogP) is 4.62. The lowest BCUT2D eigenvalue weighted by Gasteiger charge is -2.40. The molecule has 0 aliphatic carbocycles. The van der Waals surface area contributed by atoms with Crippen molar-refractivity contribution in [2.75, 3.05) is 45.7 Å². The largest absolute Gasteiger partial charge is 0.344 e. The molecule has 1 fully saturated rings. The molecule has 1 saturated heterocycles. The van der Waals surface area contributed by atoms with Crippen molar-refractivity contribution in [2.45, 2.75) is 19.9 Å². The van der Waals surface area contributed by atoms with Crippen molar-refractivity contribution in [3.05, 3.63) is 71.8 Å². The van der Waals surface area contributed by atoms with E-state index in [4.69, 9.17) is 9.05 Å². The summed E-state index contributed by atoms with van der Waals surface area (Å²) in [5.74, 6) is 0. The Balaban J connectivity index is 1.70. The third-order valence-electron chi connectivity index (χ3n) is 5.03. The van der Waals surface area contributed by atoms with Gasteiger partial charge in [-0.2, -0.15) is 0 Å². The standard InChI is InChI=1S/C22H31N2O3P/c1-3-26-28(25,27-4-2)19-23-15-17-24(18-16-23)22(20-11-7-5-8-12-20)21-13-9-6-10-14-21/h5-14,22H,3-4,15-19H2,1-2H3. The Labute approximate surface area is 168 Å². The molecule has 0 unspecified atom stereocenters. The first-order valence-corrected chi connectivity index (χ1v) is 11.8. The van der Waals surface area contributed by atoms with Gasteiger partial charge in [0.2, 0.25) is 0 Å². The number of benzene rings is 2. The number of piperazine rings is 1. The van der Waals surface area contributed by atoms with Crippen molar-refractivity contribution in [3.8, 4) is 0 Å². The second-order valence-electron chi connectivity index (χ2n) is 6.97. The van der Waals surface area contributed by atoms with Crippen LogP contribution < -0.4 is 0 Å². The third-order valence-corrected chi connectivity index (χ3v) is 7.08. The van der Waals surface area contributed by atoms with Gasteiger partial charge in [-0.25, -0.2) is 0 Å². The Kier molecular flexibility index (Phi) is 7.83. The van der Waals surface area contributed by atoms with E-state index in [0.29, 0.717) is 19.5 Å². The van der Waals surface area contributed by atoms with Gasteiger partial charge in [0.25, 0.3) is 0 Å². The summed E-state index contributed by atoms with van der Waals surface area (Å²) in [5, 5.41) is 0. The van der Waals surface area contributed by atoms with Gasteiger partial charge >= 0.3 is 7.60 Å². The Morgan fingerprint density at radius 3 is 1.71 bits per heavy atom. The van der Waals surface area contributed by atoms with E-state index in [1.54, 1.807) is 0 Å². The van der Waals surface area contributed by atoms with Gasteiger partial charge in [0, 0.05) is 26.2 Å². The lowest BCUT2D eigenvalue weighted by molar-refractivity contribution is 0.111. The van der Waals surface area contributed by atoms with Crippen LogP contribution in [0.2, 0.25) is 0 Å². The molecule has 1 aliphatic rings. The van der Waals surface area contributed by atoms with Crippen molar-refractivity contribution in [1.82, 2.24) is 9.80 Å². The van der Waals surface area contributed by atoms with E-state index >= 15 is 0 Å². The molecule has 0 radical (unpaired) electrons. The molecule has 6 heteroatoms. The fraction of sp³-hybridized carbons (Fsp3) is 0.455. The van der Waals surface area contributed by atoms with E-state index in [2.05, 4.69) is 70.5 Å². The number of hydrogen-bond donors (Lipinski definition) is 0. The molecule has 1 aliphatic heterocycles. The van der Waals surface area contributed by atoms with E-state index in [0.717, 1.165) is 26.2 Å². The first-order chi connectivity index (χ1) is 13.6. The van der Waals surface area contributed by atoms with Gasteiger partial charge in [-0.15, -0.1) is 0 Å². The topological polar surface area (TPSA) is 42.0 Å². The van der Waals surface area contributed by atoms with Crippen LogP contribution in [0.5, 0.6) is 0 Å². The molecule has 0 amide bonds. The highest BCUT2D eigenvalue weighted by molar-refractivity contribution is 7.53. The molecule has 152 valence electrons. The highest BCUT2D eigenvalue weighted by Gasteiger charge is 2.31. The Morgan fingerprint density at radius 1 is 0.821 bits per heavy atom. The summed E-state index contributed by atoms with van der Waals surface area (Å²) in [7, 11) is -3.04. The van der Waals surface area contributed by atoms with Gasteiger partial charge in [0.15, 0.2) is 0 Å². The lowest BCUT2D eigenvalue weighted by Crippen LogP contribution is -2.48. The van der Waals surface area contributed by atoms with Gasteiger partial charge in [-0.1, -0.05) is 60.7 Å². The predicted molar refractivity (Wildman–Crippen MR) is 114 cm³/mol. The quantitative estimate of drug-likeness (QED) is 0.573. The van der Waals surface area contributed by atoms with E-state index in [9.17, 15) is 4.57 Å². The van der Waals surface area contributed by atoms with Crippen LogP contribution in [0.4, 0.5) is 0 Å². The minimum absolute atomic E-state index is 0.232. The van der Waals surface area contributed by atoms with Crippen LogP contribution in [-0.4, -0.2) is 55.5 Å². The Morgan fingerprint density at radius 2 is 1.29 bits per heavy atom. The molecule has 3 rings (SSSR count). The van der Waals surface area contributed by atoms with Crippen LogP contribution in [0.3, 0.4) is 0 Å². The maximum Gasteiger partial charge on any atom is 0.344 e. The van der Waals surface area contributed by atoms with Gasteiger partial charge in [0.1, 0.15) is 6.29 Å². The second kappa shape index (κ2) is 10.3. The molecule has 0 aromatic heterocycles. The van der Waals surface area contributed by atoms with Crippen molar-refractivity contribution in [2.24, 2.45) is 0 Å². The minimum atomic E-state index is -3.04. The Hall–Kier alpha value is -1.49. The van der Waals surface area contributed by atoms with Crippen molar-refractivity contribution < 1.29 is 13.6 Å². The first-order valence-electron chi connectivity index (χ1n) is 10.1. The maximum atomic E-state index is 12.8. The summed E-state index contributed by atoms with van der Waals surface area (Å²) in [6, 6.07) is 21.5. The molecule has 0 saturated carbocycles. The van der Waals surface area contributed by atoms with Crippen molar-refractivity contribution in [3.63, 3.8) is 0 Å². The van der Waals surface area contributed by atoms with Crippen LogP contribution in [0.1, 0.15) is 31.0 Å². The van der Waals surface area contributed by atoms with Crippen LogP contribution in [0.15, 0.2) is 60.7 Å². The molecule has 0 bridgehead atoms. The van der Waals surface area contributed by atoms with E-state index in [-0.39, 0.29) is 6.04 Å². The number of rotatable bonds is 9. The van der Waals surface area contributed by atoms with Crippen LogP contribution in [-0.2, 0) is 13.6 Å². The second-order valence-corrected chi connectivity index (χ2v) is 8.99. The van der Waals surface area contributed by atoms with Crippen molar-refractivity contribution in [1.29, 1.82) is 0 Å². The molecule has 2 aromatic carbocycles. The smallest absolute Gasteiger partial charge is 0.308 e. The molecule has 1 heterocycles.